The fourth-order valence-corrected chi connectivity index (χ4v) is 2.46. The number of hydrogen-bond donors (Lipinski definition) is 1. The summed E-state index contributed by atoms with van der Waals surface area (Å²) in [6.45, 7) is 4.04. The Balaban J connectivity index is 1.99. The van der Waals surface area contributed by atoms with Crippen LogP contribution in [0, 0.1) is 0 Å². The van der Waals surface area contributed by atoms with Crippen LogP contribution in [0.25, 0.3) is 6.08 Å². The number of methoxy groups -OCH3 is 2. The van der Waals surface area contributed by atoms with E-state index in [1.54, 1.807) is 24.3 Å². The largest absolute Gasteiger partial charge is 0.493 e. The van der Waals surface area contributed by atoms with E-state index >= 15 is 0 Å². The first-order chi connectivity index (χ1) is 13.4. The molecule has 0 aliphatic rings. The Bertz CT molecular complexity index is 858. The summed E-state index contributed by atoms with van der Waals surface area (Å²) in [4.78, 5) is 23.4. The van der Waals surface area contributed by atoms with E-state index in [1.807, 2.05) is 24.3 Å². The molecule has 2 aromatic carbocycles. The molecular formula is C22H25NO5. The first-order valence-electron chi connectivity index (χ1n) is 8.89. The molecule has 28 heavy (non-hydrogen) atoms. The van der Waals surface area contributed by atoms with Crippen LogP contribution in [0.15, 0.2) is 48.5 Å². The van der Waals surface area contributed by atoms with Gasteiger partial charge in [-0.3, -0.25) is 4.79 Å². The molecule has 0 radical (unpaired) electrons. The van der Waals surface area contributed by atoms with E-state index in [1.165, 1.54) is 20.3 Å². The standard InChI is InChI=1S/C22H25NO5/c1-15(2)17-6-5-7-18(13-17)23-21(24)14-28-19-10-8-16(12-20(19)26-3)9-11-22(25)27-4/h5-13,15H,14H2,1-4H3,(H,23,24). The molecule has 2 rings (SSSR count). The summed E-state index contributed by atoms with van der Waals surface area (Å²) in [5.74, 6) is 0.560. The zero-order valence-electron chi connectivity index (χ0n) is 16.5. The molecule has 0 aromatic heterocycles. The molecule has 0 heterocycles. The van der Waals surface area contributed by atoms with Crippen LogP contribution >= 0.6 is 0 Å². The van der Waals surface area contributed by atoms with E-state index < -0.39 is 5.97 Å². The third-order valence-electron chi connectivity index (χ3n) is 4.00. The highest BCUT2D eigenvalue weighted by atomic mass is 16.5. The zero-order valence-corrected chi connectivity index (χ0v) is 16.5. The highest BCUT2D eigenvalue weighted by Crippen LogP contribution is 2.28. The van der Waals surface area contributed by atoms with Crippen LogP contribution in [0.2, 0.25) is 0 Å². The molecule has 0 fully saturated rings. The molecule has 148 valence electrons. The van der Waals surface area contributed by atoms with Crippen molar-refractivity contribution in [3.05, 3.63) is 59.7 Å². The third-order valence-corrected chi connectivity index (χ3v) is 4.00. The minimum absolute atomic E-state index is 0.153. The summed E-state index contributed by atoms with van der Waals surface area (Å²) in [5, 5.41) is 2.83. The van der Waals surface area contributed by atoms with Crippen molar-refractivity contribution in [1.82, 2.24) is 0 Å². The molecule has 0 aliphatic heterocycles. The van der Waals surface area contributed by atoms with Crippen LogP contribution in [-0.4, -0.2) is 32.7 Å². The quantitative estimate of drug-likeness (QED) is 0.550. The van der Waals surface area contributed by atoms with Gasteiger partial charge in [0.1, 0.15) is 0 Å². The van der Waals surface area contributed by atoms with E-state index in [-0.39, 0.29) is 12.5 Å². The Hall–Kier alpha value is -3.28. The average molecular weight is 383 g/mol. The molecule has 0 atom stereocenters. The van der Waals surface area contributed by atoms with Gasteiger partial charge < -0.3 is 19.5 Å². The van der Waals surface area contributed by atoms with E-state index in [2.05, 4.69) is 23.9 Å². The smallest absolute Gasteiger partial charge is 0.330 e. The number of hydrogen-bond acceptors (Lipinski definition) is 5. The first kappa shape index (κ1) is 21.0. The van der Waals surface area contributed by atoms with Gasteiger partial charge in [0.2, 0.25) is 0 Å². The third kappa shape index (κ3) is 6.16. The van der Waals surface area contributed by atoms with Crippen molar-refractivity contribution in [2.75, 3.05) is 26.1 Å². The lowest BCUT2D eigenvalue weighted by molar-refractivity contribution is -0.134. The maximum absolute atomic E-state index is 12.2. The molecule has 0 aliphatic carbocycles. The molecule has 0 saturated heterocycles. The maximum Gasteiger partial charge on any atom is 0.330 e. The van der Waals surface area contributed by atoms with Gasteiger partial charge in [-0.05, 0) is 47.4 Å². The summed E-state index contributed by atoms with van der Waals surface area (Å²) in [7, 11) is 2.82. The lowest BCUT2D eigenvalue weighted by Crippen LogP contribution is -2.20. The van der Waals surface area contributed by atoms with Crippen molar-refractivity contribution < 1.29 is 23.8 Å². The average Bonchev–Trinajstić information content (AvgIpc) is 2.70. The second-order valence-corrected chi connectivity index (χ2v) is 6.38. The Kier molecular flexibility index (Phi) is 7.63. The molecule has 6 nitrogen and oxygen atoms in total. The second kappa shape index (κ2) is 10.2. The van der Waals surface area contributed by atoms with Gasteiger partial charge >= 0.3 is 5.97 Å². The van der Waals surface area contributed by atoms with E-state index in [0.717, 1.165) is 16.8 Å². The van der Waals surface area contributed by atoms with Crippen molar-refractivity contribution in [2.45, 2.75) is 19.8 Å². The van der Waals surface area contributed by atoms with Crippen LogP contribution in [0.4, 0.5) is 5.69 Å². The predicted octanol–water partition coefficient (Wildman–Crippen LogP) is 4.02. The van der Waals surface area contributed by atoms with Gasteiger partial charge in [0.25, 0.3) is 5.91 Å². The maximum atomic E-state index is 12.2. The topological polar surface area (TPSA) is 73.9 Å². The zero-order chi connectivity index (χ0) is 20.5. The van der Waals surface area contributed by atoms with Gasteiger partial charge in [-0.15, -0.1) is 0 Å². The summed E-state index contributed by atoms with van der Waals surface area (Å²) in [5.41, 5.74) is 2.62. The minimum Gasteiger partial charge on any atom is -0.493 e. The fourth-order valence-electron chi connectivity index (χ4n) is 2.46. The Morgan fingerprint density at radius 2 is 1.86 bits per heavy atom. The Morgan fingerprint density at radius 3 is 2.54 bits per heavy atom. The van der Waals surface area contributed by atoms with E-state index in [9.17, 15) is 9.59 Å². The number of esters is 1. The number of anilines is 1. The fraction of sp³-hybridized carbons (Fsp3) is 0.273. The summed E-state index contributed by atoms with van der Waals surface area (Å²) in [6, 6.07) is 12.9. The molecular weight excluding hydrogens is 358 g/mol. The highest BCUT2D eigenvalue weighted by Gasteiger charge is 2.09. The molecule has 2 aromatic rings. The second-order valence-electron chi connectivity index (χ2n) is 6.38. The molecule has 6 heteroatoms. The number of carbonyl (C=O) groups excluding carboxylic acids is 2. The van der Waals surface area contributed by atoms with Gasteiger partial charge in [-0.2, -0.15) is 0 Å². The molecule has 1 N–H and O–H groups in total. The summed E-state index contributed by atoms with van der Waals surface area (Å²) < 4.78 is 15.5. The van der Waals surface area contributed by atoms with Gasteiger partial charge in [0.05, 0.1) is 14.2 Å². The SMILES string of the molecule is COC(=O)C=Cc1ccc(OCC(=O)Nc2cccc(C(C)C)c2)c(OC)c1. The molecule has 0 bridgehead atoms. The van der Waals surface area contributed by atoms with Crippen molar-refractivity contribution in [3.8, 4) is 11.5 Å². The van der Waals surface area contributed by atoms with Crippen LogP contribution in [0.3, 0.4) is 0 Å². The summed E-state index contributed by atoms with van der Waals surface area (Å²) >= 11 is 0. The van der Waals surface area contributed by atoms with Gasteiger partial charge in [0.15, 0.2) is 18.1 Å². The molecule has 0 spiro atoms. The molecule has 0 saturated carbocycles. The van der Waals surface area contributed by atoms with Gasteiger partial charge in [-0.25, -0.2) is 4.79 Å². The van der Waals surface area contributed by atoms with Gasteiger partial charge in [0, 0.05) is 11.8 Å². The number of rotatable bonds is 8. The van der Waals surface area contributed by atoms with Crippen LogP contribution < -0.4 is 14.8 Å². The van der Waals surface area contributed by atoms with Crippen LogP contribution in [0.5, 0.6) is 11.5 Å². The first-order valence-corrected chi connectivity index (χ1v) is 8.89. The lowest BCUT2D eigenvalue weighted by atomic mass is 10.0. The molecule has 0 unspecified atom stereocenters. The van der Waals surface area contributed by atoms with Crippen molar-refractivity contribution in [2.24, 2.45) is 0 Å². The monoisotopic (exact) mass is 383 g/mol. The highest BCUT2D eigenvalue weighted by molar-refractivity contribution is 5.92. The minimum atomic E-state index is -0.447. The number of nitrogens with one attached hydrogen (secondary N) is 1. The Morgan fingerprint density at radius 1 is 1.07 bits per heavy atom. The van der Waals surface area contributed by atoms with Crippen molar-refractivity contribution in [3.63, 3.8) is 0 Å². The lowest BCUT2D eigenvalue weighted by Gasteiger charge is -2.12. The van der Waals surface area contributed by atoms with Crippen molar-refractivity contribution >= 4 is 23.6 Å². The van der Waals surface area contributed by atoms with Gasteiger partial charge in [-0.1, -0.05) is 32.0 Å². The van der Waals surface area contributed by atoms with Crippen LogP contribution in [-0.2, 0) is 14.3 Å². The van der Waals surface area contributed by atoms with Crippen molar-refractivity contribution in [1.29, 1.82) is 0 Å². The summed E-state index contributed by atoms with van der Waals surface area (Å²) in [6.07, 6.45) is 2.92. The number of benzene rings is 2. The number of ether oxygens (including phenoxy) is 3. The van der Waals surface area contributed by atoms with Crippen LogP contribution in [0.1, 0.15) is 30.9 Å². The normalized spacial score (nSPS) is 10.8. The van der Waals surface area contributed by atoms with E-state index in [4.69, 9.17) is 9.47 Å². The number of amides is 1. The number of carbonyl (C=O) groups is 2. The molecule has 1 amide bonds. The predicted molar refractivity (Wildman–Crippen MR) is 109 cm³/mol. The van der Waals surface area contributed by atoms with E-state index in [0.29, 0.717) is 17.4 Å². The Labute approximate surface area is 165 Å².